The van der Waals surface area contributed by atoms with Gasteiger partial charge in [0.2, 0.25) is 5.79 Å². The van der Waals surface area contributed by atoms with Crippen molar-refractivity contribution in [1.82, 2.24) is 4.90 Å². The highest BCUT2D eigenvalue weighted by Crippen LogP contribution is 2.39. The first-order chi connectivity index (χ1) is 29.8. The number of allylic oxidation sites excluding steroid dienone is 4. The molecule has 1 amide bonds. The lowest BCUT2D eigenvalue weighted by Gasteiger charge is -2.47. The van der Waals surface area contributed by atoms with Crippen LogP contribution in [0.5, 0.6) is 0 Å². The van der Waals surface area contributed by atoms with E-state index in [2.05, 4.69) is 0 Å². The molecule has 2 bridgehead atoms. The number of cyclic esters (lactones) is 1. The van der Waals surface area contributed by atoms with Crippen molar-refractivity contribution in [3.63, 3.8) is 0 Å². The highest BCUT2D eigenvalue weighted by atomic mass is 16.7. The molecule has 2 saturated heterocycles. The number of nitrogens with zero attached hydrogens (tertiary/aromatic N) is 1. The maximum Gasteiger partial charge on any atom is 0.333 e. The van der Waals surface area contributed by atoms with Crippen molar-refractivity contribution >= 4 is 29.4 Å². The highest BCUT2D eigenvalue weighted by molar-refractivity contribution is 6.39. The molecule has 0 aromatic carbocycles. The molecular weight excluding hydrogens is 815 g/mol. The van der Waals surface area contributed by atoms with E-state index in [0.29, 0.717) is 56.1 Å². The maximum atomic E-state index is 14.4. The zero-order valence-corrected chi connectivity index (χ0v) is 39.2. The number of fused-ring (bicyclic) bond motifs is 3. The van der Waals surface area contributed by atoms with Crippen LogP contribution in [-0.4, -0.2) is 139 Å². The number of ketones is 2. The van der Waals surface area contributed by atoms with E-state index >= 15 is 0 Å². The summed E-state index contributed by atoms with van der Waals surface area (Å²) in [6.45, 7) is 12.6. The van der Waals surface area contributed by atoms with Crippen LogP contribution >= 0.6 is 0 Å². The number of aliphatic hydroxyl groups excluding tert-OH is 2. The molecule has 15 nitrogen and oxygen atoms in total. The highest BCUT2D eigenvalue weighted by Gasteiger charge is 2.56. The second-order valence-corrected chi connectivity index (χ2v) is 18.6. The predicted molar refractivity (Wildman–Crippen MR) is 233 cm³/mol. The fraction of sp³-hybridized carbons (Fsp3) is 0.771. The second kappa shape index (κ2) is 23.7. The van der Waals surface area contributed by atoms with Crippen molar-refractivity contribution in [1.29, 1.82) is 0 Å². The Morgan fingerprint density at radius 1 is 0.905 bits per heavy atom. The molecule has 3 heterocycles. The van der Waals surface area contributed by atoms with E-state index in [0.717, 1.165) is 10.5 Å². The molecule has 0 spiro atoms. The van der Waals surface area contributed by atoms with Gasteiger partial charge in [-0.3, -0.25) is 14.4 Å². The molecule has 0 aromatic rings. The Bertz CT molecular complexity index is 1690. The van der Waals surface area contributed by atoms with E-state index in [1.54, 1.807) is 47.8 Å². The quantitative estimate of drug-likeness (QED) is 0.121. The van der Waals surface area contributed by atoms with Gasteiger partial charge < -0.3 is 48.6 Å². The summed E-state index contributed by atoms with van der Waals surface area (Å²) in [5.74, 6) is -8.88. The normalized spacial score (nSPS) is 38.5. The predicted octanol–water partition coefficient (Wildman–Crippen LogP) is 4.96. The molecule has 356 valence electrons. The van der Waals surface area contributed by atoms with E-state index in [1.807, 2.05) is 26.0 Å². The number of amides is 1. The number of rotatable bonds is 9. The molecule has 63 heavy (non-hydrogen) atoms. The van der Waals surface area contributed by atoms with Gasteiger partial charge in [0.25, 0.3) is 11.7 Å². The zero-order valence-electron chi connectivity index (χ0n) is 39.2. The lowest BCUT2D eigenvalue weighted by molar-refractivity contribution is -0.302. The first-order valence-corrected chi connectivity index (χ1v) is 22.9. The molecule has 15 heteroatoms. The zero-order chi connectivity index (χ0) is 46.8. The van der Waals surface area contributed by atoms with Crippen LogP contribution in [0.2, 0.25) is 0 Å². The summed E-state index contributed by atoms with van der Waals surface area (Å²) in [5.41, 5.74) is 1.84. The van der Waals surface area contributed by atoms with Crippen LogP contribution in [0.4, 0.5) is 0 Å². The van der Waals surface area contributed by atoms with Crippen LogP contribution in [0, 0.1) is 29.6 Å². The van der Waals surface area contributed by atoms with Crippen LogP contribution in [0.25, 0.3) is 0 Å². The van der Waals surface area contributed by atoms with Gasteiger partial charge in [0.15, 0.2) is 0 Å². The number of piperidine rings is 1. The van der Waals surface area contributed by atoms with Crippen molar-refractivity contribution in [2.24, 2.45) is 29.6 Å². The first-order valence-electron chi connectivity index (χ1n) is 22.9. The van der Waals surface area contributed by atoms with Crippen LogP contribution < -0.4 is 0 Å². The number of methoxy groups -OCH3 is 3. The minimum atomic E-state index is -2.55. The second-order valence-electron chi connectivity index (χ2n) is 18.6. The molecular formula is C48H75NO14. The molecule has 4 aliphatic rings. The number of Topliss-reactive ketones (excluding diaryl/α,β-unsaturated/α-hetero) is 2. The van der Waals surface area contributed by atoms with Crippen LogP contribution in [0.1, 0.15) is 119 Å². The fourth-order valence-electron chi connectivity index (χ4n) is 9.88. The van der Waals surface area contributed by atoms with Crippen LogP contribution in [0.3, 0.4) is 0 Å². The Morgan fingerprint density at radius 2 is 1.57 bits per heavy atom. The molecule has 0 unspecified atom stereocenters. The number of esters is 2. The van der Waals surface area contributed by atoms with E-state index < -0.39 is 95.9 Å². The minimum absolute atomic E-state index is 0.0506. The lowest BCUT2D eigenvalue weighted by atomic mass is 9.81. The summed E-state index contributed by atoms with van der Waals surface area (Å²) in [6, 6.07) is -1.18. The Morgan fingerprint density at radius 3 is 2.22 bits per heavy atom. The largest absolute Gasteiger partial charge is 0.463 e. The Kier molecular flexibility index (Phi) is 19.7. The van der Waals surface area contributed by atoms with Crippen molar-refractivity contribution in [3.05, 3.63) is 34.9 Å². The number of aliphatic hydroxyl groups is 3. The summed E-state index contributed by atoms with van der Waals surface area (Å²) in [4.78, 5) is 71.1. The Balaban J connectivity index is 1.81. The minimum Gasteiger partial charge on any atom is -0.463 e. The summed E-state index contributed by atoms with van der Waals surface area (Å²) in [7, 11) is 4.56. The van der Waals surface area contributed by atoms with Crippen molar-refractivity contribution in [2.75, 3.05) is 34.5 Å². The lowest BCUT2D eigenvalue weighted by Crippen LogP contribution is -2.64. The SMILES string of the molecule is CCOC(=O)/C(C)=C/C[C@@H]1/C=C(\C)C[C@H](C)C[C@H](OC)[C@H]2O[C@@](O)(C(=O)C(=O)N3CCCC[C@H]3C(=O)O[C@H](/C(C)=C/[C@@H]3CC[C@@H](O)[C@H](OC)C3)[C@H](C)[C@@H](O)CC1=O)[C@H](C)C[C@@H]2OC. The average molecular weight is 890 g/mol. The topological polar surface area (TPSA) is 205 Å². The smallest absolute Gasteiger partial charge is 0.333 e. The Labute approximate surface area is 373 Å². The molecule has 4 rings (SSSR count). The van der Waals surface area contributed by atoms with E-state index in [1.165, 1.54) is 14.2 Å². The van der Waals surface area contributed by atoms with E-state index in [9.17, 15) is 39.3 Å². The van der Waals surface area contributed by atoms with Crippen LogP contribution in [0.15, 0.2) is 34.9 Å². The third kappa shape index (κ3) is 13.2. The monoisotopic (exact) mass is 890 g/mol. The summed E-state index contributed by atoms with van der Waals surface area (Å²) in [6.07, 6.45) is 3.84. The molecule has 3 aliphatic heterocycles. The van der Waals surface area contributed by atoms with Gasteiger partial charge >= 0.3 is 11.9 Å². The number of hydrogen-bond donors (Lipinski definition) is 3. The average Bonchev–Trinajstić information content (AvgIpc) is 3.26. The van der Waals surface area contributed by atoms with Gasteiger partial charge in [0, 0.05) is 57.6 Å². The van der Waals surface area contributed by atoms with Crippen LogP contribution in [-0.2, 0) is 52.4 Å². The van der Waals surface area contributed by atoms with Crippen molar-refractivity contribution in [3.8, 4) is 0 Å². The van der Waals surface area contributed by atoms with E-state index in [4.69, 9.17) is 28.4 Å². The molecule has 14 atom stereocenters. The molecule has 0 aromatic heterocycles. The number of hydrogen-bond acceptors (Lipinski definition) is 14. The summed E-state index contributed by atoms with van der Waals surface area (Å²) < 4.78 is 35.1. The Hall–Kier alpha value is -3.31. The van der Waals surface area contributed by atoms with Gasteiger partial charge in [-0.2, -0.15) is 0 Å². The van der Waals surface area contributed by atoms with Gasteiger partial charge in [-0.05, 0) is 109 Å². The molecule has 0 radical (unpaired) electrons. The number of carbonyl (C=O) groups is 5. The summed E-state index contributed by atoms with van der Waals surface area (Å²) >= 11 is 0. The van der Waals surface area contributed by atoms with Gasteiger partial charge in [0.1, 0.15) is 24.0 Å². The van der Waals surface area contributed by atoms with Gasteiger partial charge in [0.05, 0.1) is 37.1 Å². The van der Waals surface area contributed by atoms with Crippen molar-refractivity contribution < 1.29 is 67.7 Å². The molecule has 1 saturated carbocycles. The first kappa shape index (κ1) is 52.3. The third-order valence-corrected chi connectivity index (χ3v) is 13.7. The molecule has 3 fully saturated rings. The molecule has 3 N–H and O–H groups in total. The molecule has 1 aliphatic carbocycles. The number of ether oxygens (including phenoxy) is 6. The fourth-order valence-corrected chi connectivity index (χ4v) is 9.88. The summed E-state index contributed by atoms with van der Waals surface area (Å²) in [5, 5.41) is 34.5. The maximum absolute atomic E-state index is 14.4. The van der Waals surface area contributed by atoms with Gasteiger partial charge in [-0.15, -0.1) is 0 Å². The van der Waals surface area contributed by atoms with Crippen molar-refractivity contribution in [2.45, 2.75) is 174 Å². The van der Waals surface area contributed by atoms with Gasteiger partial charge in [-0.1, -0.05) is 44.6 Å². The standard InChI is InChI=1S/C48H75NO14/c1-11-61-46(55)29(4)15-17-34-21-27(2)20-28(3)22-40(59-9)43-41(60-10)24-31(6)48(57,63-43)44(53)45(54)49-19-13-12-14-35(49)47(56)62-42(32(7)37(51)26-38(34)52)30(5)23-33-16-18-36(50)39(25-33)58-8/h15,21,23,28,31-37,39-43,50-51,57H,11-14,16-20,22,24-26H2,1-10H3/b27-21+,29-15+,30-23+/t28-,31+,32+,33-,34+,35-,36+,37-,39+,40-,41-,42+,43+,48+/m0/s1. The van der Waals surface area contributed by atoms with Gasteiger partial charge in [-0.25, -0.2) is 9.59 Å². The number of carbonyl (C=O) groups excluding carboxylic acids is 5. The van der Waals surface area contributed by atoms with E-state index in [-0.39, 0.29) is 56.5 Å². The third-order valence-electron chi connectivity index (χ3n) is 13.7.